The summed E-state index contributed by atoms with van der Waals surface area (Å²) in [6, 6.07) is 0. The summed E-state index contributed by atoms with van der Waals surface area (Å²) in [6.45, 7) is 6.71. The predicted molar refractivity (Wildman–Crippen MR) is 358 cm³/mol. The highest BCUT2D eigenvalue weighted by atomic mass is 16.6. The van der Waals surface area contributed by atoms with Gasteiger partial charge in [0.2, 0.25) is 0 Å². The highest BCUT2D eigenvalue weighted by molar-refractivity contribution is 5.71. The number of hydrogen-bond acceptors (Lipinski definition) is 6. The summed E-state index contributed by atoms with van der Waals surface area (Å²) in [6.07, 6.45) is 88.9. The third-order valence-electron chi connectivity index (χ3n) is 16.9. The van der Waals surface area contributed by atoms with Gasteiger partial charge in [0.15, 0.2) is 6.10 Å². The van der Waals surface area contributed by atoms with Crippen LogP contribution < -0.4 is 0 Å². The van der Waals surface area contributed by atoms with Gasteiger partial charge in [-0.05, 0) is 57.8 Å². The topological polar surface area (TPSA) is 78.9 Å². The van der Waals surface area contributed by atoms with E-state index in [1.54, 1.807) is 0 Å². The molecule has 0 saturated heterocycles. The van der Waals surface area contributed by atoms with E-state index >= 15 is 0 Å². The Balaban J connectivity index is 4.26. The van der Waals surface area contributed by atoms with Gasteiger partial charge in [-0.1, -0.05) is 372 Å². The van der Waals surface area contributed by atoms with Crippen LogP contribution >= 0.6 is 0 Å². The van der Waals surface area contributed by atoms with Crippen molar-refractivity contribution in [3.63, 3.8) is 0 Å². The molecule has 0 aromatic carbocycles. The van der Waals surface area contributed by atoms with E-state index < -0.39 is 6.10 Å². The molecule has 0 N–H and O–H groups in total. The fraction of sp³-hybridized carbons (Fsp3) is 0.882. The second-order valence-corrected chi connectivity index (χ2v) is 25.2. The summed E-state index contributed by atoms with van der Waals surface area (Å²) in [4.78, 5) is 38.5. The Morgan fingerprint density at radius 1 is 0.244 bits per heavy atom. The maximum Gasteiger partial charge on any atom is 0.306 e. The Hall–Kier alpha value is -2.37. The van der Waals surface area contributed by atoms with E-state index in [2.05, 4.69) is 57.2 Å². The molecule has 6 heteroatoms. The summed E-state index contributed by atoms with van der Waals surface area (Å²) in [5, 5.41) is 0. The van der Waals surface area contributed by atoms with E-state index in [4.69, 9.17) is 14.2 Å². The van der Waals surface area contributed by atoms with Gasteiger partial charge < -0.3 is 14.2 Å². The number of allylic oxidation sites excluding steroid dienone is 6. The lowest BCUT2D eigenvalue weighted by atomic mass is 10.0. The quantitative estimate of drug-likeness (QED) is 0.0261. The average Bonchev–Trinajstić information content (AvgIpc) is 3.47. The van der Waals surface area contributed by atoms with Crippen molar-refractivity contribution in [2.45, 2.75) is 419 Å². The molecule has 0 aromatic heterocycles. The van der Waals surface area contributed by atoms with Crippen LogP contribution in [0.2, 0.25) is 0 Å². The molecule has 0 fully saturated rings. The van der Waals surface area contributed by atoms with Gasteiger partial charge in [0.25, 0.3) is 0 Å². The van der Waals surface area contributed by atoms with E-state index in [1.807, 2.05) is 0 Å². The molecule has 0 bridgehead atoms. The molecule has 0 heterocycles. The fourth-order valence-electron chi connectivity index (χ4n) is 11.3. The lowest BCUT2D eigenvalue weighted by molar-refractivity contribution is -0.167. The van der Waals surface area contributed by atoms with Crippen LogP contribution in [0.3, 0.4) is 0 Å². The number of carbonyl (C=O) groups is 3. The Morgan fingerprint density at radius 3 is 0.683 bits per heavy atom. The third kappa shape index (κ3) is 68.4. The zero-order valence-electron chi connectivity index (χ0n) is 55.5. The van der Waals surface area contributed by atoms with Gasteiger partial charge >= 0.3 is 17.9 Å². The van der Waals surface area contributed by atoms with E-state index in [0.717, 1.165) is 77.0 Å². The summed E-state index contributed by atoms with van der Waals surface area (Å²) >= 11 is 0. The molecule has 0 amide bonds. The first-order valence-corrected chi connectivity index (χ1v) is 37.0. The van der Waals surface area contributed by atoms with Crippen LogP contribution in [0.1, 0.15) is 412 Å². The van der Waals surface area contributed by atoms with Gasteiger partial charge in [0, 0.05) is 19.3 Å². The summed E-state index contributed by atoms with van der Waals surface area (Å²) < 4.78 is 17.0. The lowest BCUT2D eigenvalue weighted by Gasteiger charge is -2.18. The van der Waals surface area contributed by atoms with Crippen molar-refractivity contribution in [1.82, 2.24) is 0 Å². The van der Waals surface area contributed by atoms with Crippen LogP contribution in [0, 0.1) is 0 Å². The number of ether oxygens (including phenoxy) is 3. The molecule has 0 saturated carbocycles. The Morgan fingerprint density at radius 2 is 0.439 bits per heavy atom. The highest BCUT2D eigenvalue weighted by Crippen LogP contribution is 2.19. The number of esters is 3. The minimum Gasteiger partial charge on any atom is -0.462 e. The molecule has 82 heavy (non-hydrogen) atoms. The monoisotopic (exact) mass is 1150 g/mol. The number of unbranched alkanes of at least 4 members (excludes halogenated alkanes) is 52. The molecule has 1 atom stereocenters. The molecular weight excluding hydrogens is 1010 g/mol. The molecule has 0 radical (unpaired) electrons. The van der Waals surface area contributed by atoms with Crippen molar-refractivity contribution in [1.29, 1.82) is 0 Å². The van der Waals surface area contributed by atoms with E-state index in [1.165, 1.54) is 295 Å². The average molecular weight is 1150 g/mol. The molecule has 0 aliphatic carbocycles. The first-order chi connectivity index (χ1) is 40.5. The van der Waals surface area contributed by atoms with Crippen molar-refractivity contribution in [2.24, 2.45) is 0 Å². The third-order valence-corrected chi connectivity index (χ3v) is 16.9. The van der Waals surface area contributed by atoms with Gasteiger partial charge in [-0.25, -0.2) is 0 Å². The molecule has 0 rings (SSSR count). The largest absolute Gasteiger partial charge is 0.462 e. The zero-order chi connectivity index (χ0) is 59.2. The van der Waals surface area contributed by atoms with Gasteiger partial charge in [0.05, 0.1) is 0 Å². The number of hydrogen-bond donors (Lipinski definition) is 0. The SMILES string of the molecule is CCCCCCC/C=C\C/C=C\C/C=C\CCCCCCCCCCC(=O)OC(COC(=O)CCCCCCCCCCCCCCCCC)COC(=O)CCCCCCCCCCCCCCCCCCCCCCCCCCCC. The molecule has 1 unspecified atom stereocenters. The minimum absolute atomic E-state index is 0.0691. The predicted octanol–water partition coefficient (Wildman–Crippen LogP) is 25.5. The van der Waals surface area contributed by atoms with Gasteiger partial charge in [0.1, 0.15) is 13.2 Å². The van der Waals surface area contributed by atoms with Crippen molar-refractivity contribution in [3.05, 3.63) is 36.5 Å². The fourth-order valence-corrected chi connectivity index (χ4v) is 11.3. The van der Waals surface area contributed by atoms with Crippen molar-refractivity contribution in [3.8, 4) is 0 Å². The molecular formula is C76H142O6. The van der Waals surface area contributed by atoms with Crippen LogP contribution in [-0.2, 0) is 28.6 Å². The summed E-state index contributed by atoms with van der Waals surface area (Å²) in [7, 11) is 0. The van der Waals surface area contributed by atoms with Gasteiger partial charge in [-0.3, -0.25) is 14.4 Å². The minimum atomic E-state index is -0.774. The summed E-state index contributed by atoms with van der Waals surface area (Å²) in [5.74, 6) is -0.843. The molecule has 482 valence electrons. The maximum atomic E-state index is 13.0. The zero-order valence-corrected chi connectivity index (χ0v) is 55.5. The van der Waals surface area contributed by atoms with Crippen LogP contribution in [0.5, 0.6) is 0 Å². The molecule has 6 nitrogen and oxygen atoms in total. The Labute approximate surface area is 512 Å². The first-order valence-electron chi connectivity index (χ1n) is 37.0. The second kappa shape index (κ2) is 71.1. The van der Waals surface area contributed by atoms with Crippen LogP contribution in [0.25, 0.3) is 0 Å². The first kappa shape index (κ1) is 79.6. The molecule has 0 aromatic rings. The summed E-state index contributed by atoms with van der Waals surface area (Å²) in [5.41, 5.74) is 0. The molecule has 0 aliphatic heterocycles. The standard InChI is InChI=1S/C76H142O6/c1-4-7-10-13-16-19-22-25-28-30-32-34-36-37-38-40-41-43-45-48-51-54-57-60-63-66-69-75(78)81-72-73(71-80-74(77)68-65-62-59-56-53-50-47-27-24-21-18-15-12-9-6-3)82-76(79)70-67-64-61-58-55-52-49-46-44-42-39-35-33-31-29-26-23-20-17-14-11-8-5-2/h23,26,31,33,39,42,73H,4-22,24-25,27-30,32,34-38,40-41,43-72H2,1-3H3/b26-23-,33-31-,42-39-. The van der Waals surface area contributed by atoms with E-state index in [9.17, 15) is 14.4 Å². The number of carbonyl (C=O) groups excluding carboxylic acids is 3. The van der Waals surface area contributed by atoms with Crippen molar-refractivity contribution < 1.29 is 28.6 Å². The Kier molecular flexibility index (Phi) is 69.1. The van der Waals surface area contributed by atoms with E-state index in [-0.39, 0.29) is 31.1 Å². The smallest absolute Gasteiger partial charge is 0.306 e. The molecule has 0 aliphatic rings. The van der Waals surface area contributed by atoms with Crippen LogP contribution in [0.4, 0.5) is 0 Å². The normalized spacial score (nSPS) is 12.2. The van der Waals surface area contributed by atoms with Crippen LogP contribution in [0.15, 0.2) is 36.5 Å². The Bertz CT molecular complexity index is 1370. The van der Waals surface area contributed by atoms with Crippen LogP contribution in [-0.4, -0.2) is 37.2 Å². The van der Waals surface area contributed by atoms with E-state index in [0.29, 0.717) is 19.3 Å². The lowest BCUT2D eigenvalue weighted by Crippen LogP contribution is -2.30. The van der Waals surface area contributed by atoms with Gasteiger partial charge in [-0.15, -0.1) is 0 Å². The van der Waals surface area contributed by atoms with Crippen molar-refractivity contribution >= 4 is 17.9 Å². The maximum absolute atomic E-state index is 13.0. The van der Waals surface area contributed by atoms with Crippen molar-refractivity contribution in [2.75, 3.05) is 13.2 Å². The second-order valence-electron chi connectivity index (χ2n) is 25.2. The number of rotatable bonds is 69. The molecule has 0 spiro atoms. The van der Waals surface area contributed by atoms with Gasteiger partial charge in [-0.2, -0.15) is 0 Å². The highest BCUT2D eigenvalue weighted by Gasteiger charge is 2.20.